The highest BCUT2D eigenvalue weighted by Gasteiger charge is 2.42. The number of carbonyl (C=O) groups excluding carboxylic acids is 1. The van der Waals surface area contributed by atoms with Crippen molar-refractivity contribution in [1.82, 2.24) is 30.1 Å². The molecule has 0 radical (unpaired) electrons. The fourth-order valence-corrected chi connectivity index (χ4v) is 5.72. The van der Waals surface area contributed by atoms with Gasteiger partial charge in [0.05, 0.1) is 0 Å². The van der Waals surface area contributed by atoms with Crippen molar-refractivity contribution in [3.05, 3.63) is 29.0 Å². The van der Waals surface area contributed by atoms with Gasteiger partial charge < -0.3 is 10.2 Å². The van der Waals surface area contributed by atoms with Crippen LogP contribution in [0, 0.1) is 0 Å². The molecule has 11 heteroatoms. The van der Waals surface area contributed by atoms with E-state index in [1.807, 2.05) is 0 Å². The van der Waals surface area contributed by atoms with Crippen molar-refractivity contribution in [1.29, 1.82) is 0 Å². The molecule has 1 aliphatic carbocycles. The molecule has 0 unspecified atom stereocenters. The van der Waals surface area contributed by atoms with Gasteiger partial charge in [0, 0.05) is 50.7 Å². The van der Waals surface area contributed by atoms with E-state index in [0.717, 1.165) is 64.7 Å². The average molecular weight is 483 g/mol. The zero-order valence-electron chi connectivity index (χ0n) is 18.7. The Morgan fingerprint density at radius 2 is 1.73 bits per heavy atom. The largest absolute Gasteiger partial charge is 0.435 e. The van der Waals surface area contributed by atoms with Crippen molar-refractivity contribution < 1.29 is 18.0 Å². The van der Waals surface area contributed by atoms with Gasteiger partial charge in [-0.3, -0.25) is 9.69 Å². The second-order valence-corrected chi connectivity index (χ2v) is 9.88. The van der Waals surface area contributed by atoms with Crippen LogP contribution in [0.3, 0.4) is 0 Å². The van der Waals surface area contributed by atoms with Crippen LogP contribution < -0.4 is 5.32 Å². The third kappa shape index (κ3) is 5.52. The van der Waals surface area contributed by atoms with Gasteiger partial charge in [0.1, 0.15) is 4.88 Å². The maximum absolute atomic E-state index is 13.7. The van der Waals surface area contributed by atoms with Gasteiger partial charge in [-0.15, -0.1) is 11.3 Å². The first kappa shape index (κ1) is 24.0. The zero-order valence-corrected chi connectivity index (χ0v) is 19.5. The van der Waals surface area contributed by atoms with Crippen LogP contribution in [0.25, 0.3) is 10.8 Å². The number of rotatable bonds is 5. The summed E-state index contributed by atoms with van der Waals surface area (Å²) < 4.78 is 41.1. The second-order valence-electron chi connectivity index (χ2n) is 8.88. The quantitative estimate of drug-likeness (QED) is 0.656. The highest BCUT2D eigenvalue weighted by atomic mass is 32.1. The minimum absolute atomic E-state index is 0.0173. The Balaban J connectivity index is 1.56. The first-order chi connectivity index (χ1) is 15.8. The lowest BCUT2D eigenvalue weighted by molar-refractivity contribution is -0.141. The zero-order chi connectivity index (χ0) is 23.5. The topological polar surface area (TPSA) is 74.2 Å². The predicted molar refractivity (Wildman–Crippen MR) is 120 cm³/mol. The van der Waals surface area contributed by atoms with E-state index in [1.165, 1.54) is 12.4 Å². The van der Waals surface area contributed by atoms with Gasteiger partial charge in [0.25, 0.3) is 5.91 Å². The summed E-state index contributed by atoms with van der Waals surface area (Å²) in [7, 11) is 2.09. The number of nitrogens with one attached hydrogen (secondary N) is 1. The van der Waals surface area contributed by atoms with Crippen molar-refractivity contribution in [3.63, 3.8) is 0 Å². The number of nitrogens with zero attached hydrogens (tertiary/aromatic N) is 5. The van der Waals surface area contributed by atoms with Gasteiger partial charge in [-0.05, 0) is 26.0 Å². The Bertz CT molecular complexity index is 935. The molecule has 0 bridgehead atoms. The molecule has 1 saturated heterocycles. The lowest BCUT2D eigenvalue weighted by Crippen LogP contribution is -2.60. The molecule has 1 N–H and O–H groups in total. The van der Waals surface area contributed by atoms with Crippen molar-refractivity contribution in [2.75, 3.05) is 39.8 Å². The Hall–Kier alpha value is -2.11. The Labute approximate surface area is 195 Å². The van der Waals surface area contributed by atoms with Gasteiger partial charge in [-0.2, -0.15) is 13.2 Å². The molecule has 180 valence electrons. The van der Waals surface area contributed by atoms with Crippen LogP contribution in [0.5, 0.6) is 0 Å². The van der Waals surface area contributed by atoms with E-state index in [9.17, 15) is 18.0 Å². The Morgan fingerprint density at radius 3 is 2.33 bits per heavy atom. The molecule has 3 heterocycles. The smallest absolute Gasteiger partial charge is 0.349 e. The fourth-order valence-electron chi connectivity index (χ4n) is 4.77. The summed E-state index contributed by atoms with van der Waals surface area (Å²) in [6.07, 6.45) is 4.43. The molecule has 4 rings (SSSR count). The Morgan fingerprint density at radius 1 is 1.09 bits per heavy atom. The molecule has 2 fully saturated rings. The predicted octanol–water partition coefficient (Wildman–Crippen LogP) is 3.69. The number of hydrogen-bond acceptors (Lipinski definition) is 7. The van der Waals surface area contributed by atoms with Crippen molar-refractivity contribution in [2.24, 2.45) is 0 Å². The summed E-state index contributed by atoms with van der Waals surface area (Å²) in [6.45, 7) is 4.03. The number of carbonyl (C=O) groups is 1. The summed E-state index contributed by atoms with van der Waals surface area (Å²) in [6, 6.07) is 1.57. The standard InChI is InChI=1S/C22H29F3N6OS/c1-30-11-13-31(14-12-30)21(7-4-2-3-5-8-21)15-28-19(32)16-17(22(23,24)25)29-20(33-16)18-26-9-6-10-27-18/h6,9-10H,2-5,7-8,11-15H2,1H3,(H,28,32). The molecule has 33 heavy (non-hydrogen) atoms. The number of halogens is 3. The van der Waals surface area contributed by atoms with Crippen LogP contribution in [0.4, 0.5) is 13.2 Å². The first-order valence-corrected chi connectivity index (χ1v) is 12.2. The molecule has 1 saturated carbocycles. The van der Waals surface area contributed by atoms with Crippen LogP contribution in [0.2, 0.25) is 0 Å². The normalized spacial score (nSPS) is 20.4. The van der Waals surface area contributed by atoms with Gasteiger partial charge >= 0.3 is 6.18 Å². The maximum Gasteiger partial charge on any atom is 0.435 e. The van der Waals surface area contributed by atoms with Crippen molar-refractivity contribution in [3.8, 4) is 10.8 Å². The minimum Gasteiger partial charge on any atom is -0.349 e. The molecule has 0 spiro atoms. The molecule has 2 aromatic heterocycles. The molecule has 0 aromatic carbocycles. The van der Waals surface area contributed by atoms with E-state index in [-0.39, 0.29) is 16.4 Å². The van der Waals surface area contributed by atoms with Crippen LogP contribution in [-0.2, 0) is 6.18 Å². The number of likely N-dealkylation sites (N-methyl/N-ethyl adjacent to an activating group) is 1. The molecule has 2 aliphatic rings. The summed E-state index contributed by atoms with van der Waals surface area (Å²) >= 11 is 0.685. The molecule has 1 aliphatic heterocycles. The summed E-state index contributed by atoms with van der Waals surface area (Å²) in [5, 5.41) is 2.84. The first-order valence-electron chi connectivity index (χ1n) is 11.4. The fraction of sp³-hybridized carbons (Fsp3) is 0.636. The highest BCUT2D eigenvalue weighted by molar-refractivity contribution is 7.17. The van der Waals surface area contributed by atoms with Crippen LogP contribution in [-0.4, -0.2) is 76.0 Å². The molecule has 0 atom stereocenters. The lowest BCUT2D eigenvalue weighted by atomic mass is 9.87. The molecule has 1 amide bonds. The number of amides is 1. The molecular formula is C22H29F3N6OS. The van der Waals surface area contributed by atoms with Gasteiger partial charge in [0.2, 0.25) is 0 Å². The monoisotopic (exact) mass is 482 g/mol. The van der Waals surface area contributed by atoms with E-state index in [2.05, 4.69) is 37.1 Å². The minimum atomic E-state index is -4.74. The van der Waals surface area contributed by atoms with Crippen molar-refractivity contribution in [2.45, 2.75) is 50.2 Å². The third-order valence-electron chi connectivity index (χ3n) is 6.65. The van der Waals surface area contributed by atoms with Crippen molar-refractivity contribution >= 4 is 17.2 Å². The van der Waals surface area contributed by atoms with Crippen LogP contribution in [0.15, 0.2) is 18.5 Å². The number of aromatic nitrogens is 3. The highest BCUT2D eigenvalue weighted by Crippen LogP contribution is 2.37. The van der Waals surface area contributed by atoms with Gasteiger partial charge in [0.15, 0.2) is 16.5 Å². The number of piperazine rings is 1. The summed E-state index contributed by atoms with van der Waals surface area (Å²) in [4.78, 5) is 29.0. The second kappa shape index (κ2) is 10.0. The molecular weight excluding hydrogens is 453 g/mol. The SMILES string of the molecule is CN1CCN(C2(CNC(=O)c3sc(-c4ncccn4)nc3C(F)(F)F)CCCCCC2)CC1. The number of thiazole rings is 1. The van der Waals surface area contributed by atoms with Gasteiger partial charge in [-0.1, -0.05) is 25.7 Å². The Kier molecular flexibility index (Phi) is 7.30. The van der Waals surface area contributed by atoms with Crippen LogP contribution in [0.1, 0.15) is 53.9 Å². The average Bonchev–Trinajstić information content (AvgIpc) is 3.13. The molecule has 7 nitrogen and oxygen atoms in total. The van der Waals surface area contributed by atoms with E-state index >= 15 is 0 Å². The third-order valence-corrected chi connectivity index (χ3v) is 7.70. The lowest BCUT2D eigenvalue weighted by Gasteiger charge is -2.47. The van der Waals surface area contributed by atoms with Crippen LogP contribution >= 0.6 is 11.3 Å². The summed E-state index contributed by atoms with van der Waals surface area (Å²) in [5.41, 5.74) is -1.40. The maximum atomic E-state index is 13.7. The summed E-state index contributed by atoms with van der Waals surface area (Å²) in [5.74, 6) is -0.663. The van der Waals surface area contributed by atoms with E-state index < -0.39 is 22.7 Å². The molecule has 2 aromatic rings. The van der Waals surface area contributed by atoms with Gasteiger partial charge in [-0.25, -0.2) is 15.0 Å². The number of hydrogen-bond donors (Lipinski definition) is 1. The number of alkyl halides is 3. The van der Waals surface area contributed by atoms with E-state index in [1.54, 1.807) is 6.07 Å². The van der Waals surface area contributed by atoms with E-state index in [4.69, 9.17) is 0 Å². The van der Waals surface area contributed by atoms with E-state index in [0.29, 0.717) is 17.9 Å².